The molecule has 0 spiro atoms. The summed E-state index contributed by atoms with van der Waals surface area (Å²) in [7, 11) is 0. The summed E-state index contributed by atoms with van der Waals surface area (Å²) in [5.41, 5.74) is 1.71. The third kappa shape index (κ3) is 3.81. The zero-order chi connectivity index (χ0) is 21.7. The SMILES string of the molecule is CC[C@@H]1CCc2c(sc(NC(=O)[C@H]3[C@@H](C(=O)O)[C@H]4C=C[C@@H]3CC4)c2C(=O)NC2CC2)C1. The first-order valence-electron chi connectivity index (χ1n) is 11.6. The van der Waals surface area contributed by atoms with Gasteiger partial charge in [-0.15, -0.1) is 11.3 Å². The largest absolute Gasteiger partial charge is 0.481 e. The minimum absolute atomic E-state index is 0.0473. The molecule has 0 saturated heterocycles. The molecular weight excluding hydrogens is 412 g/mol. The van der Waals surface area contributed by atoms with Gasteiger partial charge in [-0.05, 0) is 68.3 Å². The molecule has 5 aliphatic rings. The molecule has 2 saturated carbocycles. The lowest BCUT2D eigenvalue weighted by atomic mass is 9.62. The van der Waals surface area contributed by atoms with Crippen LogP contribution >= 0.6 is 11.3 Å². The molecule has 1 aromatic heterocycles. The highest BCUT2D eigenvalue weighted by molar-refractivity contribution is 7.17. The van der Waals surface area contributed by atoms with E-state index in [4.69, 9.17) is 0 Å². The average molecular weight is 443 g/mol. The van der Waals surface area contributed by atoms with Crippen molar-refractivity contribution in [1.82, 2.24) is 5.32 Å². The predicted molar refractivity (Wildman–Crippen MR) is 119 cm³/mol. The Labute approximate surface area is 186 Å². The van der Waals surface area contributed by atoms with Crippen molar-refractivity contribution in [2.75, 3.05) is 5.32 Å². The van der Waals surface area contributed by atoms with E-state index in [0.29, 0.717) is 16.5 Å². The Hall–Kier alpha value is -2.15. The lowest BCUT2D eigenvalue weighted by Crippen LogP contribution is -2.47. The summed E-state index contributed by atoms with van der Waals surface area (Å²) in [5, 5.41) is 16.5. The Kier molecular flexibility index (Phi) is 5.40. The van der Waals surface area contributed by atoms with Crippen molar-refractivity contribution in [3.63, 3.8) is 0 Å². The number of thiophene rings is 1. The number of nitrogens with one attached hydrogen (secondary N) is 2. The van der Waals surface area contributed by atoms with Gasteiger partial charge in [0.1, 0.15) is 5.00 Å². The summed E-state index contributed by atoms with van der Waals surface area (Å²) in [4.78, 5) is 39.6. The topological polar surface area (TPSA) is 95.5 Å². The monoisotopic (exact) mass is 442 g/mol. The second-order valence-electron chi connectivity index (χ2n) is 9.64. The Morgan fingerprint density at radius 3 is 2.39 bits per heavy atom. The van der Waals surface area contributed by atoms with E-state index in [2.05, 4.69) is 17.6 Å². The van der Waals surface area contributed by atoms with Crippen LogP contribution in [0.2, 0.25) is 0 Å². The first-order chi connectivity index (χ1) is 15.0. The Bertz CT molecular complexity index is 948. The standard InChI is InChI=1S/C24H30N2O4S/c1-2-12-3-10-16-17(11-12)31-23(20(16)22(28)25-15-8-9-15)26-21(27)18-13-4-6-14(7-5-13)19(18)24(29)30/h4,6,12-15,18-19H,2-3,5,7-11H2,1H3,(H,25,28)(H,26,27)(H,29,30)/t12-,13-,14+,18-,19+/m1/s1. The van der Waals surface area contributed by atoms with Crippen LogP contribution in [0.25, 0.3) is 0 Å². The third-order valence-electron chi connectivity index (χ3n) is 7.66. The van der Waals surface area contributed by atoms with E-state index in [0.717, 1.165) is 56.9 Å². The maximum atomic E-state index is 13.4. The number of fused-ring (bicyclic) bond motifs is 3. The van der Waals surface area contributed by atoms with E-state index in [1.54, 1.807) is 0 Å². The number of carboxylic acids is 1. The Morgan fingerprint density at radius 2 is 1.77 bits per heavy atom. The van der Waals surface area contributed by atoms with Crippen molar-refractivity contribution in [2.45, 2.75) is 64.3 Å². The van der Waals surface area contributed by atoms with Crippen molar-refractivity contribution < 1.29 is 19.5 Å². The van der Waals surface area contributed by atoms with Gasteiger partial charge in [0, 0.05) is 10.9 Å². The molecule has 6 rings (SSSR count). The van der Waals surface area contributed by atoms with E-state index in [1.807, 2.05) is 12.2 Å². The minimum Gasteiger partial charge on any atom is -0.481 e. The van der Waals surface area contributed by atoms with Gasteiger partial charge in [-0.1, -0.05) is 25.5 Å². The van der Waals surface area contributed by atoms with Crippen LogP contribution in [0.3, 0.4) is 0 Å². The molecule has 0 aliphatic heterocycles. The predicted octanol–water partition coefficient (Wildman–Crippen LogP) is 4.01. The average Bonchev–Trinajstić information content (AvgIpc) is 3.51. The van der Waals surface area contributed by atoms with E-state index >= 15 is 0 Å². The van der Waals surface area contributed by atoms with Gasteiger partial charge < -0.3 is 15.7 Å². The number of carbonyl (C=O) groups excluding carboxylic acids is 2. The zero-order valence-electron chi connectivity index (χ0n) is 17.9. The van der Waals surface area contributed by atoms with Gasteiger partial charge in [0.15, 0.2) is 0 Å². The molecule has 3 N–H and O–H groups in total. The molecule has 1 aromatic rings. The summed E-state index contributed by atoms with van der Waals surface area (Å²) in [6.07, 6.45) is 11.7. The maximum absolute atomic E-state index is 13.4. The lowest BCUT2D eigenvalue weighted by Gasteiger charge is -2.41. The number of aliphatic carboxylic acids is 1. The fourth-order valence-corrected chi connectivity index (χ4v) is 7.06. The van der Waals surface area contributed by atoms with Crippen LogP contribution in [0.5, 0.6) is 0 Å². The van der Waals surface area contributed by atoms with Crippen LogP contribution in [-0.2, 0) is 22.4 Å². The number of hydrogen-bond acceptors (Lipinski definition) is 4. The maximum Gasteiger partial charge on any atom is 0.307 e. The molecular formula is C24H30N2O4S. The van der Waals surface area contributed by atoms with Crippen molar-refractivity contribution >= 4 is 34.1 Å². The molecule has 166 valence electrons. The molecule has 5 atom stereocenters. The number of rotatable bonds is 6. The minimum atomic E-state index is -0.901. The van der Waals surface area contributed by atoms with Crippen LogP contribution < -0.4 is 10.6 Å². The molecule has 5 aliphatic carbocycles. The van der Waals surface area contributed by atoms with Gasteiger partial charge >= 0.3 is 5.97 Å². The second kappa shape index (κ2) is 8.08. The van der Waals surface area contributed by atoms with Crippen LogP contribution in [0.15, 0.2) is 12.2 Å². The molecule has 1 heterocycles. The van der Waals surface area contributed by atoms with Crippen LogP contribution in [0.4, 0.5) is 5.00 Å². The van der Waals surface area contributed by atoms with Crippen molar-refractivity contribution in [3.8, 4) is 0 Å². The van der Waals surface area contributed by atoms with Crippen molar-refractivity contribution in [3.05, 3.63) is 28.2 Å². The first-order valence-corrected chi connectivity index (χ1v) is 12.4. The first kappa shape index (κ1) is 20.7. The summed E-state index contributed by atoms with van der Waals surface area (Å²) in [6, 6.07) is 0.245. The molecule has 31 heavy (non-hydrogen) atoms. The molecule has 6 nitrogen and oxygen atoms in total. The van der Waals surface area contributed by atoms with Crippen molar-refractivity contribution in [1.29, 1.82) is 0 Å². The highest BCUT2D eigenvalue weighted by atomic mass is 32.1. The fourth-order valence-electron chi connectivity index (χ4n) is 5.70. The number of hydrogen-bond donors (Lipinski definition) is 3. The highest BCUT2D eigenvalue weighted by Crippen LogP contribution is 2.46. The van der Waals surface area contributed by atoms with Gasteiger partial charge in [0.25, 0.3) is 5.91 Å². The second-order valence-corrected chi connectivity index (χ2v) is 10.7. The Balaban J connectivity index is 1.44. The van der Waals surface area contributed by atoms with Crippen LogP contribution in [0.1, 0.15) is 66.2 Å². The van der Waals surface area contributed by atoms with Gasteiger partial charge in [-0.3, -0.25) is 14.4 Å². The molecule has 7 heteroatoms. The van der Waals surface area contributed by atoms with Gasteiger partial charge in [0.05, 0.1) is 17.4 Å². The fraction of sp³-hybridized carbons (Fsp3) is 0.625. The number of carbonyl (C=O) groups is 3. The lowest BCUT2D eigenvalue weighted by molar-refractivity contribution is -0.151. The van der Waals surface area contributed by atoms with Crippen molar-refractivity contribution in [2.24, 2.45) is 29.6 Å². The molecule has 0 aromatic carbocycles. The molecule has 2 bridgehead atoms. The summed E-state index contributed by atoms with van der Waals surface area (Å²) < 4.78 is 0. The molecule has 2 amide bonds. The van der Waals surface area contributed by atoms with E-state index in [1.165, 1.54) is 16.2 Å². The van der Waals surface area contributed by atoms with E-state index < -0.39 is 17.8 Å². The van der Waals surface area contributed by atoms with Crippen LogP contribution in [-0.4, -0.2) is 28.9 Å². The normalized spacial score (nSPS) is 31.2. The number of allylic oxidation sites excluding steroid dienone is 2. The Morgan fingerprint density at radius 1 is 1.06 bits per heavy atom. The number of carboxylic acid groups (broad SMARTS) is 1. The quantitative estimate of drug-likeness (QED) is 0.580. The van der Waals surface area contributed by atoms with Gasteiger partial charge in [-0.2, -0.15) is 0 Å². The molecule has 0 unspecified atom stereocenters. The zero-order valence-corrected chi connectivity index (χ0v) is 18.7. The molecule has 0 radical (unpaired) electrons. The van der Waals surface area contributed by atoms with E-state index in [-0.39, 0.29) is 29.7 Å². The number of anilines is 1. The smallest absolute Gasteiger partial charge is 0.307 e. The summed E-state index contributed by atoms with van der Waals surface area (Å²) >= 11 is 1.52. The highest BCUT2D eigenvalue weighted by Gasteiger charge is 2.48. The van der Waals surface area contributed by atoms with Gasteiger partial charge in [0.2, 0.25) is 5.91 Å². The van der Waals surface area contributed by atoms with Crippen LogP contribution in [0, 0.1) is 29.6 Å². The van der Waals surface area contributed by atoms with E-state index in [9.17, 15) is 19.5 Å². The summed E-state index contributed by atoms with van der Waals surface area (Å²) in [6.45, 7) is 2.20. The molecule has 2 fully saturated rings. The van der Waals surface area contributed by atoms with Gasteiger partial charge in [-0.25, -0.2) is 0 Å². The third-order valence-corrected chi connectivity index (χ3v) is 8.83. The number of amides is 2. The summed E-state index contributed by atoms with van der Waals surface area (Å²) in [5.74, 6) is -2.03.